The van der Waals surface area contributed by atoms with Crippen molar-refractivity contribution in [1.82, 2.24) is 10.3 Å². The molecule has 1 fully saturated rings. The SMILES string of the molecule is CCCNCc1csc(N(C)C2CC2)n1. The van der Waals surface area contributed by atoms with Gasteiger partial charge >= 0.3 is 0 Å². The lowest BCUT2D eigenvalue weighted by Gasteiger charge is -2.13. The zero-order valence-corrected chi connectivity index (χ0v) is 10.3. The highest BCUT2D eigenvalue weighted by molar-refractivity contribution is 7.13. The predicted molar refractivity (Wildman–Crippen MR) is 65.5 cm³/mol. The van der Waals surface area contributed by atoms with Gasteiger partial charge in [-0.05, 0) is 25.8 Å². The van der Waals surface area contributed by atoms with E-state index in [1.54, 1.807) is 11.3 Å². The number of thiazole rings is 1. The average molecular weight is 225 g/mol. The number of nitrogens with one attached hydrogen (secondary N) is 1. The van der Waals surface area contributed by atoms with Crippen molar-refractivity contribution in [3.05, 3.63) is 11.1 Å². The first-order chi connectivity index (χ1) is 7.31. The molecule has 4 heteroatoms. The molecular formula is C11H19N3S. The summed E-state index contributed by atoms with van der Waals surface area (Å²) in [5.41, 5.74) is 1.18. The van der Waals surface area contributed by atoms with E-state index in [0.29, 0.717) is 0 Å². The van der Waals surface area contributed by atoms with Gasteiger partial charge in [-0.1, -0.05) is 6.92 Å². The topological polar surface area (TPSA) is 28.2 Å². The third kappa shape index (κ3) is 2.92. The van der Waals surface area contributed by atoms with Gasteiger partial charge in [-0.3, -0.25) is 0 Å². The van der Waals surface area contributed by atoms with Gasteiger partial charge in [-0.15, -0.1) is 11.3 Å². The maximum atomic E-state index is 4.63. The van der Waals surface area contributed by atoms with Crippen LogP contribution >= 0.6 is 11.3 Å². The second-order valence-corrected chi connectivity index (χ2v) is 4.98. The molecule has 0 radical (unpaired) electrons. The molecule has 0 bridgehead atoms. The Bertz CT molecular complexity index is 307. The number of anilines is 1. The third-order valence-corrected chi connectivity index (χ3v) is 3.65. The highest BCUT2D eigenvalue weighted by Crippen LogP contribution is 2.31. The molecule has 1 N–H and O–H groups in total. The van der Waals surface area contributed by atoms with Gasteiger partial charge in [0.1, 0.15) is 0 Å². The molecule has 0 saturated heterocycles. The molecule has 0 aliphatic heterocycles. The zero-order valence-electron chi connectivity index (χ0n) is 9.49. The second kappa shape index (κ2) is 4.94. The van der Waals surface area contributed by atoms with Crippen LogP contribution in [0.1, 0.15) is 31.9 Å². The molecule has 0 aromatic carbocycles. The van der Waals surface area contributed by atoms with Crippen LogP contribution in [0.15, 0.2) is 5.38 Å². The van der Waals surface area contributed by atoms with Crippen LogP contribution in [-0.4, -0.2) is 24.6 Å². The van der Waals surface area contributed by atoms with Crippen molar-refractivity contribution in [2.24, 2.45) is 0 Å². The Morgan fingerprint density at radius 3 is 3.07 bits per heavy atom. The van der Waals surface area contributed by atoms with Gasteiger partial charge in [0, 0.05) is 25.0 Å². The summed E-state index contributed by atoms with van der Waals surface area (Å²) >= 11 is 1.76. The highest BCUT2D eigenvalue weighted by Gasteiger charge is 2.27. The summed E-state index contributed by atoms with van der Waals surface area (Å²) in [6.45, 7) is 4.16. The molecule has 1 aliphatic rings. The largest absolute Gasteiger partial charge is 0.348 e. The molecule has 0 spiro atoms. The van der Waals surface area contributed by atoms with Crippen LogP contribution in [-0.2, 0) is 6.54 Å². The molecular weight excluding hydrogens is 206 g/mol. The number of rotatable bonds is 6. The molecule has 2 rings (SSSR count). The van der Waals surface area contributed by atoms with Gasteiger partial charge in [0.15, 0.2) is 5.13 Å². The van der Waals surface area contributed by atoms with Crippen molar-refractivity contribution < 1.29 is 0 Å². The summed E-state index contributed by atoms with van der Waals surface area (Å²) in [6.07, 6.45) is 3.85. The average Bonchev–Trinajstić information content (AvgIpc) is 2.98. The van der Waals surface area contributed by atoms with Gasteiger partial charge < -0.3 is 10.2 Å². The van der Waals surface area contributed by atoms with Gasteiger partial charge in [0.2, 0.25) is 0 Å². The van der Waals surface area contributed by atoms with E-state index < -0.39 is 0 Å². The smallest absolute Gasteiger partial charge is 0.185 e. The Balaban J connectivity index is 1.85. The number of hydrogen-bond donors (Lipinski definition) is 1. The van der Waals surface area contributed by atoms with Crippen molar-refractivity contribution in [2.75, 3.05) is 18.5 Å². The summed E-state index contributed by atoms with van der Waals surface area (Å²) in [6, 6.07) is 0.757. The van der Waals surface area contributed by atoms with Gasteiger partial charge in [0.05, 0.1) is 5.69 Å². The molecule has 1 aromatic rings. The van der Waals surface area contributed by atoms with Crippen LogP contribution in [0.3, 0.4) is 0 Å². The molecule has 1 aliphatic carbocycles. The number of nitrogens with zero attached hydrogens (tertiary/aromatic N) is 2. The minimum absolute atomic E-state index is 0.757. The number of hydrogen-bond acceptors (Lipinski definition) is 4. The van der Waals surface area contributed by atoms with Gasteiger partial charge in [-0.25, -0.2) is 4.98 Å². The molecule has 15 heavy (non-hydrogen) atoms. The summed E-state index contributed by atoms with van der Waals surface area (Å²) in [5, 5.41) is 6.71. The van der Waals surface area contributed by atoms with Crippen molar-refractivity contribution in [1.29, 1.82) is 0 Å². The van der Waals surface area contributed by atoms with E-state index >= 15 is 0 Å². The van der Waals surface area contributed by atoms with Crippen molar-refractivity contribution in [3.8, 4) is 0 Å². The van der Waals surface area contributed by atoms with E-state index in [0.717, 1.165) is 19.1 Å². The minimum atomic E-state index is 0.757. The fraction of sp³-hybridized carbons (Fsp3) is 0.727. The maximum Gasteiger partial charge on any atom is 0.185 e. The van der Waals surface area contributed by atoms with Crippen LogP contribution in [0.2, 0.25) is 0 Å². The lowest BCUT2D eigenvalue weighted by molar-refractivity contribution is 0.666. The lowest BCUT2D eigenvalue weighted by atomic mass is 10.4. The Kier molecular flexibility index (Phi) is 3.59. The Morgan fingerprint density at radius 1 is 1.60 bits per heavy atom. The van der Waals surface area contributed by atoms with E-state index in [1.165, 1.54) is 30.1 Å². The predicted octanol–water partition coefficient (Wildman–Crippen LogP) is 2.24. The van der Waals surface area contributed by atoms with Crippen LogP contribution in [0.4, 0.5) is 5.13 Å². The Morgan fingerprint density at radius 2 is 2.40 bits per heavy atom. The molecule has 3 nitrogen and oxygen atoms in total. The van der Waals surface area contributed by atoms with E-state index in [2.05, 4.69) is 34.6 Å². The van der Waals surface area contributed by atoms with E-state index in [9.17, 15) is 0 Å². The minimum Gasteiger partial charge on any atom is -0.348 e. The van der Waals surface area contributed by atoms with Crippen LogP contribution in [0, 0.1) is 0 Å². The summed E-state index contributed by atoms with van der Waals surface area (Å²) in [4.78, 5) is 6.94. The summed E-state index contributed by atoms with van der Waals surface area (Å²) in [7, 11) is 2.15. The summed E-state index contributed by atoms with van der Waals surface area (Å²) < 4.78 is 0. The first-order valence-corrected chi connectivity index (χ1v) is 6.57. The van der Waals surface area contributed by atoms with Crippen LogP contribution < -0.4 is 10.2 Å². The maximum absolute atomic E-state index is 4.63. The monoisotopic (exact) mass is 225 g/mol. The van der Waals surface area contributed by atoms with Crippen LogP contribution in [0.5, 0.6) is 0 Å². The van der Waals surface area contributed by atoms with Gasteiger partial charge in [-0.2, -0.15) is 0 Å². The molecule has 84 valence electrons. The van der Waals surface area contributed by atoms with Crippen LogP contribution in [0.25, 0.3) is 0 Å². The van der Waals surface area contributed by atoms with E-state index in [4.69, 9.17) is 0 Å². The first-order valence-electron chi connectivity index (χ1n) is 5.69. The fourth-order valence-electron chi connectivity index (χ4n) is 1.55. The molecule has 1 heterocycles. The zero-order chi connectivity index (χ0) is 10.7. The Labute approximate surface area is 95.5 Å². The second-order valence-electron chi connectivity index (χ2n) is 4.14. The molecule has 0 amide bonds. The molecule has 0 unspecified atom stereocenters. The quantitative estimate of drug-likeness (QED) is 0.753. The van der Waals surface area contributed by atoms with Crippen molar-refractivity contribution in [2.45, 2.75) is 38.8 Å². The lowest BCUT2D eigenvalue weighted by Crippen LogP contribution is -2.19. The molecule has 1 saturated carbocycles. The van der Waals surface area contributed by atoms with Crippen molar-refractivity contribution in [3.63, 3.8) is 0 Å². The molecule has 0 atom stereocenters. The number of aromatic nitrogens is 1. The third-order valence-electron chi connectivity index (χ3n) is 2.67. The fourth-order valence-corrected chi connectivity index (χ4v) is 2.41. The van der Waals surface area contributed by atoms with E-state index in [-0.39, 0.29) is 0 Å². The molecule has 1 aromatic heterocycles. The van der Waals surface area contributed by atoms with E-state index in [1.807, 2.05) is 0 Å². The summed E-state index contributed by atoms with van der Waals surface area (Å²) in [5.74, 6) is 0. The van der Waals surface area contributed by atoms with Crippen molar-refractivity contribution >= 4 is 16.5 Å². The highest BCUT2D eigenvalue weighted by atomic mass is 32.1. The van der Waals surface area contributed by atoms with Gasteiger partial charge in [0.25, 0.3) is 0 Å². The normalized spacial score (nSPS) is 15.6. The Hall–Kier alpha value is -0.610. The first kappa shape index (κ1) is 10.9. The standard InChI is InChI=1S/C11H19N3S/c1-3-6-12-7-9-8-15-11(13-9)14(2)10-4-5-10/h8,10,12H,3-7H2,1-2H3.